The van der Waals surface area contributed by atoms with Crippen molar-refractivity contribution >= 4 is 38.9 Å². The third-order valence-corrected chi connectivity index (χ3v) is 13.6. The highest BCUT2D eigenvalue weighted by molar-refractivity contribution is 6.13. The fourth-order valence-corrected chi connectivity index (χ4v) is 11.1. The molecule has 0 saturated carbocycles. The Bertz CT molecular complexity index is 3560. The van der Waals surface area contributed by atoms with Gasteiger partial charge in [-0.15, -0.1) is 0 Å². The van der Waals surface area contributed by atoms with E-state index < -0.39 is 5.41 Å². The molecule has 13 rings (SSSR count). The second-order valence-corrected chi connectivity index (χ2v) is 16.7. The Hall–Kier alpha value is -8.20. The second kappa shape index (κ2) is 13.9. The van der Waals surface area contributed by atoms with Crippen molar-refractivity contribution in [3.63, 3.8) is 0 Å². The van der Waals surface area contributed by atoms with Crippen LogP contribution in [0.5, 0.6) is 0 Å². The number of aromatic nitrogens is 1. The van der Waals surface area contributed by atoms with E-state index in [1.807, 2.05) is 0 Å². The number of hydrogen-bond acceptors (Lipinski definition) is 1. The Kier molecular flexibility index (Phi) is 7.85. The zero-order valence-electron chi connectivity index (χ0n) is 34.5. The van der Waals surface area contributed by atoms with Gasteiger partial charge in [-0.1, -0.05) is 206 Å². The summed E-state index contributed by atoms with van der Waals surface area (Å²) in [5.41, 5.74) is 21.5. The van der Waals surface area contributed by atoms with Crippen LogP contribution in [0.1, 0.15) is 22.3 Å². The smallest absolute Gasteiger partial charge is 0.0755 e. The molecule has 2 nitrogen and oxygen atoms in total. The molecular formula is C61H40N2. The van der Waals surface area contributed by atoms with Gasteiger partial charge in [0.1, 0.15) is 0 Å². The molecule has 0 fully saturated rings. The maximum absolute atomic E-state index is 2.52. The van der Waals surface area contributed by atoms with Gasteiger partial charge >= 0.3 is 0 Å². The molecule has 63 heavy (non-hydrogen) atoms. The van der Waals surface area contributed by atoms with Gasteiger partial charge in [-0.3, -0.25) is 0 Å². The van der Waals surface area contributed by atoms with Gasteiger partial charge < -0.3 is 9.47 Å². The van der Waals surface area contributed by atoms with Crippen LogP contribution in [-0.2, 0) is 5.41 Å². The minimum absolute atomic E-state index is 0.557. The van der Waals surface area contributed by atoms with Crippen LogP contribution in [0.3, 0.4) is 0 Å². The summed E-state index contributed by atoms with van der Waals surface area (Å²) in [4.78, 5) is 2.51. The molecule has 0 N–H and O–H groups in total. The van der Waals surface area contributed by atoms with E-state index in [-0.39, 0.29) is 0 Å². The van der Waals surface area contributed by atoms with Crippen molar-refractivity contribution in [2.24, 2.45) is 0 Å². The van der Waals surface area contributed by atoms with E-state index >= 15 is 0 Å². The third kappa shape index (κ3) is 5.07. The average molecular weight is 801 g/mol. The molecule has 2 heterocycles. The molecule has 2 heteroatoms. The fourth-order valence-electron chi connectivity index (χ4n) is 11.1. The van der Waals surface area contributed by atoms with Gasteiger partial charge in [-0.05, 0) is 92.0 Å². The summed E-state index contributed by atoms with van der Waals surface area (Å²) in [6.45, 7) is 0. The molecular weight excluding hydrogens is 761 g/mol. The number of rotatable bonds is 6. The van der Waals surface area contributed by atoms with Crippen LogP contribution < -0.4 is 4.90 Å². The highest BCUT2D eigenvalue weighted by atomic mass is 15.1. The molecule has 1 aromatic heterocycles. The molecule has 1 aliphatic carbocycles. The highest BCUT2D eigenvalue weighted by Gasteiger charge is 2.51. The number of para-hydroxylation sites is 4. The van der Waals surface area contributed by atoms with Crippen LogP contribution in [0.2, 0.25) is 0 Å². The summed E-state index contributed by atoms with van der Waals surface area (Å²) >= 11 is 0. The maximum atomic E-state index is 2.52. The van der Waals surface area contributed by atoms with Crippen LogP contribution in [0.4, 0.5) is 17.1 Å². The van der Waals surface area contributed by atoms with Crippen molar-refractivity contribution in [3.05, 3.63) is 265 Å². The Balaban J connectivity index is 1.09. The van der Waals surface area contributed by atoms with Crippen LogP contribution >= 0.6 is 0 Å². The van der Waals surface area contributed by atoms with E-state index in [0.29, 0.717) is 0 Å². The van der Waals surface area contributed by atoms with Crippen molar-refractivity contribution < 1.29 is 0 Å². The SMILES string of the molecule is c1ccc(-c2ccccc2-c2ccc(N(c3ccccc3-c3ccccc3)c3cccc4c3-c3ccccc3[C@]43c4ccccc4-n4c5ccccc5c5cccc3c54)cc2)cc1. The Morgan fingerprint density at radius 2 is 0.825 bits per heavy atom. The molecule has 10 aromatic carbocycles. The Labute approximate surface area is 367 Å². The second-order valence-electron chi connectivity index (χ2n) is 16.7. The third-order valence-electron chi connectivity index (χ3n) is 13.6. The van der Waals surface area contributed by atoms with Crippen LogP contribution in [0.15, 0.2) is 243 Å². The van der Waals surface area contributed by atoms with E-state index in [9.17, 15) is 0 Å². The largest absolute Gasteiger partial charge is 0.309 e. The summed E-state index contributed by atoms with van der Waals surface area (Å²) in [5, 5.41) is 2.56. The molecule has 11 aromatic rings. The molecule has 1 atom stereocenters. The number of benzene rings is 10. The summed E-state index contributed by atoms with van der Waals surface area (Å²) in [6.07, 6.45) is 0. The summed E-state index contributed by atoms with van der Waals surface area (Å²) in [5.74, 6) is 0. The van der Waals surface area contributed by atoms with E-state index in [1.165, 1.54) is 94.3 Å². The Morgan fingerprint density at radius 1 is 0.317 bits per heavy atom. The van der Waals surface area contributed by atoms with Gasteiger partial charge in [0.25, 0.3) is 0 Å². The summed E-state index contributed by atoms with van der Waals surface area (Å²) < 4.78 is 2.52. The van der Waals surface area contributed by atoms with Crippen molar-refractivity contribution in [2.45, 2.75) is 5.41 Å². The monoisotopic (exact) mass is 800 g/mol. The minimum atomic E-state index is -0.557. The molecule has 1 spiro atoms. The van der Waals surface area contributed by atoms with Gasteiger partial charge in [0.15, 0.2) is 0 Å². The van der Waals surface area contributed by atoms with Gasteiger partial charge in [0.05, 0.1) is 33.5 Å². The first kappa shape index (κ1) is 35.5. The number of anilines is 3. The molecule has 1 aliphatic heterocycles. The molecule has 0 radical (unpaired) electrons. The normalized spacial score (nSPS) is 14.4. The number of hydrogen-bond donors (Lipinski definition) is 0. The predicted molar refractivity (Wildman–Crippen MR) is 263 cm³/mol. The van der Waals surface area contributed by atoms with Crippen LogP contribution in [-0.4, -0.2) is 4.57 Å². The first-order valence-corrected chi connectivity index (χ1v) is 21.9. The lowest BCUT2D eigenvalue weighted by Gasteiger charge is -2.39. The summed E-state index contributed by atoms with van der Waals surface area (Å²) in [6, 6.07) is 89.5. The highest BCUT2D eigenvalue weighted by Crippen LogP contribution is 2.63. The summed E-state index contributed by atoms with van der Waals surface area (Å²) in [7, 11) is 0. The van der Waals surface area contributed by atoms with Crippen LogP contribution in [0.25, 0.3) is 72.0 Å². The van der Waals surface area contributed by atoms with Gasteiger partial charge in [0.2, 0.25) is 0 Å². The lowest BCUT2D eigenvalue weighted by Crippen LogP contribution is -2.33. The molecule has 0 bridgehead atoms. The van der Waals surface area contributed by atoms with Crippen molar-refractivity contribution in [1.29, 1.82) is 0 Å². The average Bonchev–Trinajstić information content (AvgIpc) is 3.86. The zero-order valence-corrected chi connectivity index (χ0v) is 34.5. The first-order valence-electron chi connectivity index (χ1n) is 21.9. The molecule has 0 amide bonds. The zero-order chi connectivity index (χ0) is 41.5. The Morgan fingerprint density at radius 3 is 1.59 bits per heavy atom. The lowest BCUT2D eigenvalue weighted by molar-refractivity contribution is 0.748. The number of nitrogens with zero attached hydrogens (tertiary/aromatic N) is 2. The predicted octanol–water partition coefficient (Wildman–Crippen LogP) is 15.9. The van der Waals surface area contributed by atoms with Crippen molar-refractivity contribution in [2.75, 3.05) is 4.90 Å². The van der Waals surface area contributed by atoms with E-state index in [1.54, 1.807) is 0 Å². The van der Waals surface area contributed by atoms with Crippen molar-refractivity contribution in [3.8, 4) is 50.2 Å². The van der Waals surface area contributed by atoms with Gasteiger partial charge in [0, 0.05) is 27.6 Å². The van der Waals surface area contributed by atoms with E-state index in [2.05, 4.69) is 252 Å². The van der Waals surface area contributed by atoms with Gasteiger partial charge in [-0.2, -0.15) is 0 Å². The lowest BCUT2D eigenvalue weighted by atomic mass is 9.65. The quantitative estimate of drug-likeness (QED) is 0.163. The number of fused-ring (bicyclic) bond motifs is 12. The standard InChI is InChI=1S/C61H40N2/c1-3-19-41(20-4-1)45-23-7-8-24-46(45)43-37-39-44(40-38-43)62(55-33-14-10-25-47(55)42-21-5-2-6-22-42)58-36-18-31-53-59(58)50-27-9-12-29-51(50)61(53)52-30-13-16-35-57(52)63-56-34-15-11-26-48(56)49-28-17-32-54(61)60(49)63/h1-40H/t61-/m0/s1. The molecule has 294 valence electrons. The topological polar surface area (TPSA) is 8.17 Å². The fraction of sp³-hybridized carbons (Fsp3) is 0.0164. The molecule has 0 unspecified atom stereocenters. The van der Waals surface area contributed by atoms with Crippen LogP contribution in [0, 0.1) is 0 Å². The molecule has 0 saturated heterocycles. The van der Waals surface area contributed by atoms with E-state index in [0.717, 1.165) is 17.1 Å². The van der Waals surface area contributed by atoms with Crippen molar-refractivity contribution in [1.82, 2.24) is 4.57 Å². The molecule has 2 aliphatic rings. The minimum Gasteiger partial charge on any atom is -0.309 e. The maximum Gasteiger partial charge on any atom is 0.0755 e. The van der Waals surface area contributed by atoms with E-state index in [4.69, 9.17) is 0 Å². The first-order chi connectivity index (χ1) is 31.3. The van der Waals surface area contributed by atoms with Gasteiger partial charge in [-0.25, -0.2) is 0 Å².